The van der Waals surface area contributed by atoms with Crippen molar-refractivity contribution in [3.05, 3.63) is 95.1 Å². The molecule has 4 rings (SSSR count). The maximum atomic E-state index is 10.3. The van der Waals surface area contributed by atoms with E-state index in [0.29, 0.717) is 67.3 Å². The van der Waals surface area contributed by atoms with Crippen molar-refractivity contribution in [3.8, 4) is 46.0 Å². The molecule has 0 aliphatic rings. The van der Waals surface area contributed by atoms with E-state index in [1.165, 1.54) is 0 Å². The van der Waals surface area contributed by atoms with Crippen molar-refractivity contribution in [2.24, 2.45) is 11.8 Å². The minimum Gasteiger partial charge on any atom is -0.508 e. The van der Waals surface area contributed by atoms with E-state index in [1.54, 1.807) is 60.9 Å². The van der Waals surface area contributed by atoms with E-state index in [0.717, 1.165) is 41.5 Å². The van der Waals surface area contributed by atoms with Crippen LogP contribution >= 0.6 is 0 Å². The Hall–Kier alpha value is -4.80. The molecule has 0 bridgehead atoms. The molecule has 0 aliphatic carbocycles. The molecule has 0 spiro atoms. The quantitative estimate of drug-likeness (QED) is 0.0859. The highest BCUT2D eigenvalue weighted by Gasteiger charge is 2.24. The van der Waals surface area contributed by atoms with Gasteiger partial charge < -0.3 is 48.1 Å². The fourth-order valence-corrected chi connectivity index (χ4v) is 6.24. The number of hydrogen-bond donors (Lipinski definition) is 2. The van der Waals surface area contributed by atoms with E-state index in [4.69, 9.17) is 37.9 Å². The topological polar surface area (TPSA) is 114 Å². The minimum atomic E-state index is 0.0799. The van der Waals surface area contributed by atoms with Gasteiger partial charge in [0, 0.05) is 6.61 Å². The number of aromatic hydroxyl groups is 2. The number of hydrogen-bond acceptors (Lipinski definition) is 10. The third kappa shape index (κ3) is 10.6. The lowest BCUT2D eigenvalue weighted by atomic mass is 9.80. The van der Waals surface area contributed by atoms with E-state index in [1.807, 2.05) is 54.6 Å². The van der Waals surface area contributed by atoms with Crippen molar-refractivity contribution >= 4 is 0 Å². The molecule has 0 unspecified atom stereocenters. The summed E-state index contributed by atoms with van der Waals surface area (Å²) in [6, 6.07) is 22.3. The summed E-state index contributed by atoms with van der Waals surface area (Å²) < 4.78 is 45.6. The second-order valence-corrected chi connectivity index (χ2v) is 12.0. The molecule has 0 aromatic heterocycles. The molecule has 0 amide bonds. The maximum absolute atomic E-state index is 10.3. The van der Waals surface area contributed by atoms with Crippen LogP contribution in [0.4, 0.5) is 0 Å². The molecule has 2 atom stereocenters. The molecule has 270 valence electrons. The van der Waals surface area contributed by atoms with E-state index >= 15 is 0 Å². The summed E-state index contributed by atoms with van der Waals surface area (Å²) in [7, 11) is 9.52. The summed E-state index contributed by atoms with van der Waals surface area (Å²) in [5.41, 5.74) is 3.86. The number of benzene rings is 4. The van der Waals surface area contributed by atoms with Crippen molar-refractivity contribution in [3.63, 3.8) is 0 Å². The van der Waals surface area contributed by atoms with Gasteiger partial charge in [0.25, 0.3) is 0 Å². The first-order chi connectivity index (χ1) is 24.3. The molecule has 4 aromatic rings. The lowest BCUT2D eigenvalue weighted by molar-refractivity contribution is 0.0578. The van der Waals surface area contributed by atoms with Crippen LogP contribution in [0.3, 0.4) is 0 Å². The van der Waals surface area contributed by atoms with Crippen LogP contribution in [0, 0.1) is 11.8 Å². The predicted octanol–water partition coefficient (Wildman–Crippen LogP) is 7.38. The molecular formula is C40H50O10. The van der Waals surface area contributed by atoms with Gasteiger partial charge in [-0.25, -0.2) is 0 Å². The van der Waals surface area contributed by atoms with Crippen LogP contribution < -0.4 is 28.4 Å². The average Bonchev–Trinajstić information content (AvgIpc) is 3.12. The highest BCUT2D eigenvalue weighted by atomic mass is 16.5. The Morgan fingerprint density at radius 3 is 1.36 bits per heavy atom. The lowest BCUT2D eigenvalue weighted by Crippen LogP contribution is -2.25. The Balaban J connectivity index is 1.51. The molecule has 0 saturated heterocycles. The predicted molar refractivity (Wildman–Crippen MR) is 191 cm³/mol. The molecule has 0 aliphatic heterocycles. The van der Waals surface area contributed by atoms with E-state index in [9.17, 15) is 10.2 Å². The van der Waals surface area contributed by atoms with Crippen molar-refractivity contribution in [1.82, 2.24) is 0 Å². The Morgan fingerprint density at radius 1 is 0.500 bits per heavy atom. The number of rotatable bonds is 21. The highest BCUT2D eigenvalue weighted by molar-refractivity contribution is 5.54. The largest absolute Gasteiger partial charge is 0.508 e. The zero-order valence-electron chi connectivity index (χ0n) is 29.9. The molecule has 10 nitrogen and oxygen atoms in total. The Bertz CT molecular complexity index is 1590. The van der Waals surface area contributed by atoms with Crippen LogP contribution in [-0.2, 0) is 35.5 Å². The van der Waals surface area contributed by atoms with Gasteiger partial charge in [-0.1, -0.05) is 24.3 Å². The fraction of sp³-hybridized carbons (Fsp3) is 0.400. The lowest BCUT2D eigenvalue weighted by Gasteiger charge is -2.28. The van der Waals surface area contributed by atoms with Gasteiger partial charge in [0.2, 0.25) is 11.5 Å². The second-order valence-electron chi connectivity index (χ2n) is 12.0. The minimum absolute atomic E-state index is 0.0799. The Kier molecular flexibility index (Phi) is 14.8. The molecule has 0 radical (unpaired) electrons. The molecule has 50 heavy (non-hydrogen) atoms. The van der Waals surface area contributed by atoms with E-state index in [-0.39, 0.29) is 23.3 Å². The number of phenols is 2. The fourth-order valence-electron chi connectivity index (χ4n) is 6.24. The molecule has 2 N–H and O–H groups in total. The first kappa shape index (κ1) is 38.0. The number of ether oxygens (including phenoxy) is 8. The van der Waals surface area contributed by atoms with Crippen molar-refractivity contribution in [2.75, 3.05) is 55.9 Å². The molecule has 0 fully saturated rings. The van der Waals surface area contributed by atoms with Gasteiger partial charge in [-0.3, -0.25) is 0 Å². The molecule has 0 saturated carbocycles. The smallest absolute Gasteiger partial charge is 0.203 e. The molecule has 4 aromatic carbocycles. The summed E-state index contributed by atoms with van der Waals surface area (Å²) >= 11 is 0. The molecular weight excluding hydrogens is 640 g/mol. The first-order valence-electron chi connectivity index (χ1n) is 16.6. The van der Waals surface area contributed by atoms with E-state index < -0.39 is 0 Å². The van der Waals surface area contributed by atoms with Crippen LogP contribution in [0.5, 0.6) is 46.0 Å². The van der Waals surface area contributed by atoms with Crippen molar-refractivity contribution in [1.29, 1.82) is 0 Å². The summed E-state index contributed by atoms with van der Waals surface area (Å²) in [5, 5.41) is 20.5. The maximum Gasteiger partial charge on any atom is 0.203 e. The zero-order valence-corrected chi connectivity index (χ0v) is 29.9. The summed E-state index contributed by atoms with van der Waals surface area (Å²) in [6.45, 7) is 1.73. The monoisotopic (exact) mass is 690 g/mol. The van der Waals surface area contributed by atoms with Gasteiger partial charge in [0.05, 0.1) is 62.5 Å². The summed E-state index contributed by atoms with van der Waals surface area (Å²) in [6.07, 6.45) is 3.08. The van der Waals surface area contributed by atoms with Gasteiger partial charge in [-0.05, 0) is 108 Å². The van der Waals surface area contributed by atoms with Gasteiger partial charge in [0.1, 0.15) is 11.5 Å². The van der Waals surface area contributed by atoms with Gasteiger partial charge in [0.15, 0.2) is 23.0 Å². The van der Waals surface area contributed by atoms with E-state index in [2.05, 4.69) is 0 Å². The molecule has 10 heteroatoms. The second kappa shape index (κ2) is 19.4. The SMILES string of the molecule is COc1cc(COCCC[C@H](Cc2cccc(O)c2)[C@H](COCc2cc(OC)c(OC)c(OC)c2)Cc2cccc(O)c2)cc(OC)c1OC. The third-order valence-electron chi connectivity index (χ3n) is 8.67. The van der Waals surface area contributed by atoms with Crippen LogP contribution in [0.1, 0.15) is 35.1 Å². The van der Waals surface area contributed by atoms with Gasteiger partial charge in [-0.15, -0.1) is 0 Å². The summed E-state index contributed by atoms with van der Waals surface area (Å²) in [5.74, 6) is 4.07. The van der Waals surface area contributed by atoms with Crippen LogP contribution in [-0.4, -0.2) is 66.1 Å². The highest BCUT2D eigenvalue weighted by Crippen LogP contribution is 2.39. The normalized spacial score (nSPS) is 12.2. The van der Waals surface area contributed by atoms with Crippen LogP contribution in [0.2, 0.25) is 0 Å². The number of phenolic OH excluding ortho intramolecular Hbond substituents is 2. The first-order valence-corrected chi connectivity index (χ1v) is 16.6. The van der Waals surface area contributed by atoms with Gasteiger partial charge >= 0.3 is 0 Å². The Labute approximate surface area is 295 Å². The third-order valence-corrected chi connectivity index (χ3v) is 8.67. The van der Waals surface area contributed by atoms with Crippen molar-refractivity contribution in [2.45, 2.75) is 38.9 Å². The van der Waals surface area contributed by atoms with Crippen LogP contribution in [0.15, 0.2) is 72.8 Å². The number of methoxy groups -OCH3 is 6. The standard InChI is InChI=1S/C40H50O10/c1-43-35-20-29(21-36(44-2)39(35)47-5)24-49-15-9-12-31(16-27-10-7-13-33(41)18-27)32(17-28-11-8-14-34(42)19-28)26-50-25-30-22-37(45-3)40(48-6)38(23-30)46-4/h7-8,10-11,13-14,18-23,31-32,41-42H,9,12,15-17,24-26H2,1-6H3/t31-,32+/m1/s1. The van der Waals surface area contributed by atoms with Crippen molar-refractivity contribution < 1.29 is 48.1 Å². The Morgan fingerprint density at radius 2 is 0.940 bits per heavy atom. The average molecular weight is 691 g/mol. The van der Waals surface area contributed by atoms with Gasteiger partial charge in [-0.2, -0.15) is 0 Å². The zero-order chi connectivity index (χ0) is 35.9. The molecule has 0 heterocycles. The summed E-state index contributed by atoms with van der Waals surface area (Å²) in [4.78, 5) is 0. The van der Waals surface area contributed by atoms with Crippen LogP contribution in [0.25, 0.3) is 0 Å².